The highest BCUT2D eigenvalue weighted by Gasteiger charge is 2.39. The predicted octanol–water partition coefficient (Wildman–Crippen LogP) is 1.80. The third-order valence-corrected chi connectivity index (χ3v) is 5.85. The van der Waals surface area contributed by atoms with E-state index in [1.54, 1.807) is 31.1 Å². The Balaban J connectivity index is 1.73. The molecule has 4 heterocycles. The van der Waals surface area contributed by atoms with Crippen LogP contribution < -0.4 is 5.32 Å². The van der Waals surface area contributed by atoms with E-state index in [4.69, 9.17) is 9.72 Å². The van der Waals surface area contributed by atoms with Crippen molar-refractivity contribution in [2.75, 3.05) is 18.4 Å². The van der Waals surface area contributed by atoms with Gasteiger partial charge in [-0.1, -0.05) is 0 Å². The number of rotatable bonds is 6. The maximum Gasteiger partial charge on any atom is 0.248 e. The molecule has 4 rings (SSSR count). The van der Waals surface area contributed by atoms with Crippen LogP contribution in [0.15, 0.2) is 18.7 Å². The summed E-state index contributed by atoms with van der Waals surface area (Å²) in [5.74, 6) is 1.48. The number of carbonyl (C=O) groups excluding carboxylic acids is 1. The van der Waals surface area contributed by atoms with Gasteiger partial charge in [0.25, 0.3) is 0 Å². The summed E-state index contributed by atoms with van der Waals surface area (Å²) in [5, 5.41) is 14.1. The molecule has 1 amide bonds. The van der Waals surface area contributed by atoms with Gasteiger partial charge in [-0.3, -0.25) is 4.79 Å². The monoisotopic (exact) mass is 468 g/mol. The van der Waals surface area contributed by atoms with E-state index >= 15 is 0 Å². The Labute approximate surface area is 198 Å². The smallest absolute Gasteiger partial charge is 0.248 e. The molecule has 1 saturated heterocycles. The summed E-state index contributed by atoms with van der Waals surface area (Å²) in [6.07, 6.45) is 4.71. The van der Waals surface area contributed by atoms with E-state index < -0.39 is 11.6 Å². The molecule has 182 valence electrons. The first kappa shape index (κ1) is 24.0. The molecule has 0 radical (unpaired) electrons. The van der Waals surface area contributed by atoms with Gasteiger partial charge < -0.3 is 24.6 Å². The Morgan fingerprint density at radius 1 is 1.21 bits per heavy atom. The van der Waals surface area contributed by atoms with E-state index in [2.05, 4.69) is 25.3 Å². The van der Waals surface area contributed by atoms with Crippen molar-refractivity contribution in [2.24, 2.45) is 0 Å². The number of anilines is 1. The lowest BCUT2D eigenvalue weighted by Crippen LogP contribution is -2.58. The van der Waals surface area contributed by atoms with Gasteiger partial charge in [0.2, 0.25) is 5.91 Å². The Hall–Kier alpha value is -3.18. The van der Waals surface area contributed by atoms with Gasteiger partial charge in [-0.15, -0.1) is 0 Å². The van der Waals surface area contributed by atoms with Crippen LogP contribution >= 0.6 is 0 Å². The fraction of sp³-hybridized carbons (Fsp3) is 0.565. The van der Waals surface area contributed by atoms with E-state index in [1.807, 2.05) is 32.3 Å². The second-order valence-electron chi connectivity index (χ2n) is 9.32. The number of hydrogen-bond acceptors (Lipinski definition) is 9. The lowest BCUT2D eigenvalue weighted by molar-refractivity contribution is -0.148. The van der Waals surface area contributed by atoms with E-state index in [1.165, 1.54) is 6.33 Å². The number of aryl methyl sites for hydroxylation is 2. The molecular weight excluding hydrogens is 436 g/mol. The van der Waals surface area contributed by atoms with Gasteiger partial charge in [0.1, 0.15) is 24.0 Å². The topological polar surface area (TPSA) is 131 Å². The molecule has 0 aliphatic carbocycles. The largest absolute Gasteiger partial charge is 0.388 e. The second kappa shape index (κ2) is 9.22. The van der Waals surface area contributed by atoms with E-state index in [9.17, 15) is 9.90 Å². The van der Waals surface area contributed by atoms with Gasteiger partial charge in [0, 0.05) is 32.0 Å². The quantitative estimate of drug-likeness (QED) is 0.556. The minimum absolute atomic E-state index is 0.0829. The molecule has 1 aliphatic rings. The molecule has 11 nitrogen and oxygen atoms in total. The Morgan fingerprint density at radius 3 is 2.44 bits per heavy atom. The molecular formula is C23H32N8O3. The van der Waals surface area contributed by atoms with Gasteiger partial charge in [0.15, 0.2) is 17.0 Å². The number of morpholine rings is 1. The average molecular weight is 469 g/mol. The Kier molecular flexibility index (Phi) is 6.50. The maximum absolute atomic E-state index is 13.5. The van der Waals surface area contributed by atoms with Crippen LogP contribution in [0.25, 0.3) is 22.6 Å². The van der Waals surface area contributed by atoms with Crippen molar-refractivity contribution < 1.29 is 14.6 Å². The first-order valence-electron chi connectivity index (χ1n) is 11.5. The van der Waals surface area contributed by atoms with Crippen LogP contribution in [-0.2, 0) is 16.1 Å². The first-order valence-corrected chi connectivity index (χ1v) is 11.5. The van der Waals surface area contributed by atoms with E-state index in [-0.39, 0.29) is 18.1 Å². The van der Waals surface area contributed by atoms with Gasteiger partial charge in [0.05, 0.1) is 23.4 Å². The van der Waals surface area contributed by atoms with Crippen molar-refractivity contribution in [3.8, 4) is 11.4 Å². The van der Waals surface area contributed by atoms with Crippen LogP contribution in [0.3, 0.4) is 0 Å². The third-order valence-electron chi connectivity index (χ3n) is 5.85. The number of amides is 1. The Morgan fingerprint density at radius 2 is 1.85 bits per heavy atom. The normalized spacial score (nSPS) is 19.9. The van der Waals surface area contributed by atoms with Crippen LogP contribution in [0.1, 0.15) is 40.4 Å². The summed E-state index contributed by atoms with van der Waals surface area (Å²) >= 11 is 0. The molecule has 2 unspecified atom stereocenters. The summed E-state index contributed by atoms with van der Waals surface area (Å²) in [4.78, 5) is 37.4. The number of hydrogen-bond donors (Lipinski definition) is 2. The lowest BCUT2D eigenvalue weighted by atomic mass is 9.96. The second-order valence-corrected chi connectivity index (χ2v) is 9.32. The minimum atomic E-state index is -1.36. The number of aliphatic hydroxyl groups is 1. The van der Waals surface area contributed by atoms with Gasteiger partial charge >= 0.3 is 0 Å². The molecule has 0 aromatic carbocycles. The molecule has 1 aliphatic heterocycles. The van der Waals surface area contributed by atoms with Crippen LogP contribution in [0.5, 0.6) is 0 Å². The van der Waals surface area contributed by atoms with Gasteiger partial charge in [-0.25, -0.2) is 24.9 Å². The highest BCUT2D eigenvalue weighted by Crippen LogP contribution is 2.28. The zero-order valence-electron chi connectivity index (χ0n) is 20.5. The van der Waals surface area contributed by atoms with Crippen LogP contribution in [0.2, 0.25) is 0 Å². The van der Waals surface area contributed by atoms with E-state index in [0.717, 1.165) is 5.56 Å². The molecule has 11 heteroatoms. The van der Waals surface area contributed by atoms with E-state index in [0.29, 0.717) is 48.3 Å². The van der Waals surface area contributed by atoms with Crippen molar-refractivity contribution >= 4 is 22.9 Å². The van der Waals surface area contributed by atoms with Crippen molar-refractivity contribution in [3.05, 3.63) is 24.5 Å². The summed E-state index contributed by atoms with van der Waals surface area (Å²) in [6, 6.07) is -0.943. The maximum atomic E-state index is 13.5. The molecule has 0 spiro atoms. The fourth-order valence-electron chi connectivity index (χ4n) is 4.29. The van der Waals surface area contributed by atoms with Crippen LogP contribution in [0, 0.1) is 6.92 Å². The standard InChI is InChI=1S/C23H32N8O3/c1-7-31-20(16-8-24-15(4)25-9-16)28-17-19(26-12-27-21(17)31)29-18(23(5,6)33)22(32)30-10-13(2)34-14(3)11-30/h8-9,12-14,18,33H,7,10-11H2,1-6H3,(H,26,27,29)/t13?,14?,18-/m0/s1. The highest BCUT2D eigenvalue weighted by molar-refractivity contribution is 5.91. The summed E-state index contributed by atoms with van der Waals surface area (Å²) in [7, 11) is 0. The zero-order chi connectivity index (χ0) is 24.6. The number of imidazole rings is 1. The molecule has 34 heavy (non-hydrogen) atoms. The van der Waals surface area contributed by atoms with Crippen LogP contribution in [-0.4, -0.2) is 82.3 Å². The van der Waals surface area contributed by atoms with Crippen molar-refractivity contribution in [2.45, 2.75) is 71.9 Å². The molecule has 2 N–H and O–H groups in total. The van der Waals surface area contributed by atoms with Crippen molar-refractivity contribution in [1.82, 2.24) is 34.4 Å². The number of ether oxygens (including phenoxy) is 1. The third kappa shape index (κ3) is 4.71. The summed E-state index contributed by atoms with van der Waals surface area (Å²) in [5.41, 5.74) is 0.514. The molecule has 1 fully saturated rings. The molecule has 0 saturated carbocycles. The van der Waals surface area contributed by atoms with Crippen molar-refractivity contribution in [3.63, 3.8) is 0 Å². The molecule has 3 aromatic rings. The molecule has 3 aromatic heterocycles. The number of nitrogens with one attached hydrogen (secondary N) is 1. The fourth-order valence-corrected chi connectivity index (χ4v) is 4.29. The lowest BCUT2D eigenvalue weighted by Gasteiger charge is -2.39. The van der Waals surface area contributed by atoms with Gasteiger partial charge in [-0.2, -0.15) is 0 Å². The molecule has 0 bridgehead atoms. The Bertz CT molecular complexity index is 1160. The number of nitrogens with zero attached hydrogens (tertiary/aromatic N) is 7. The van der Waals surface area contributed by atoms with Crippen molar-refractivity contribution in [1.29, 1.82) is 0 Å². The number of carbonyl (C=O) groups is 1. The van der Waals surface area contributed by atoms with Gasteiger partial charge in [-0.05, 0) is 41.5 Å². The first-order chi connectivity index (χ1) is 16.1. The SMILES string of the molecule is CCn1c(-c2cnc(C)nc2)nc2c(N[C@@H](C(=O)N3CC(C)OC(C)C3)C(C)(C)O)ncnc21. The molecule has 3 atom stereocenters. The zero-order valence-corrected chi connectivity index (χ0v) is 20.5. The number of aromatic nitrogens is 6. The number of fused-ring (bicyclic) bond motifs is 1. The highest BCUT2D eigenvalue weighted by atomic mass is 16.5. The summed E-state index contributed by atoms with van der Waals surface area (Å²) in [6.45, 7) is 12.4. The minimum Gasteiger partial charge on any atom is -0.388 e. The predicted molar refractivity (Wildman–Crippen MR) is 127 cm³/mol. The summed E-state index contributed by atoms with van der Waals surface area (Å²) < 4.78 is 7.71. The average Bonchev–Trinajstić information content (AvgIpc) is 3.15. The van der Waals surface area contributed by atoms with Crippen LogP contribution in [0.4, 0.5) is 5.82 Å².